The highest BCUT2D eigenvalue weighted by molar-refractivity contribution is 5.30. The second-order valence-electron chi connectivity index (χ2n) is 8.33. The summed E-state index contributed by atoms with van der Waals surface area (Å²) in [7, 11) is 0. The van der Waals surface area contributed by atoms with Gasteiger partial charge in [0, 0.05) is 12.1 Å². The maximum absolute atomic E-state index is 11.8. The van der Waals surface area contributed by atoms with Crippen molar-refractivity contribution in [1.82, 2.24) is 4.90 Å². The second kappa shape index (κ2) is 10.4. The van der Waals surface area contributed by atoms with Gasteiger partial charge in [0.2, 0.25) is 0 Å². The topological polar surface area (TPSA) is 23.5 Å². The standard InChI is InChI=1S/C30H31NO/c1-23(25-15-7-3-8-16-25)31(24(2)26-17-9-4-10-18-26)29(27-19-11-5-12-20-27)30(32)28-21-13-6-14-22-28/h3-24,29-30,32H,1-2H3. The molecule has 4 atom stereocenters. The van der Waals surface area contributed by atoms with Crippen molar-refractivity contribution in [2.24, 2.45) is 0 Å². The van der Waals surface area contributed by atoms with E-state index < -0.39 is 6.10 Å². The maximum atomic E-state index is 11.8. The van der Waals surface area contributed by atoms with E-state index in [2.05, 4.69) is 104 Å². The van der Waals surface area contributed by atoms with Gasteiger partial charge >= 0.3 is 0 Å². The summed E-state index contributed by atoms with van der Waals surface area (Å²) >= 11 is 0. The summed E-state index contributed by atoms with van der Waals surface area (Å²) in [6, 6.07) is 41.5. The van der Waals surface area contributed by atoms with E-state index in [1.807, 2.05) is 36.4 Å². The molecule has 162 valence electrons. The maximum Gasteiger partial charge on any atom is 0.0987 e. The molecule has 0 radical (unpaired) electrons. The van der Waals surface area contributed by atoms with Gasteiger partial charge in [-0.15, -0.1) is 0 Å². The van der Waals surface area contributed by atoms with E-state index >= 15 is 0 Å². The quantitative estimate of drug-likeness (QED) is 0.323. The Hall–Kier alpha value is -3.20. The van der Waals surface area contributed by atoms with Crippen molar-refractivity contribution in [1.29, 1.82) is 0 Å². The summed E-state index contributed by atoms with van der Waals surface area (Å²) in [5.41, 5.74) is 4.49. The first-order valence-corrected chi connectivity index (χ1v) is 11.3. The van der Waals surface area contributed by atoms with Gasteiger partial charge in [0.25, 0.3) is 0 Å². The first kappa shape index (κ1) is 22.0. The molecule has 4 aromatic rings. The summed E-state index contributed by atoms with van der Waals surface area (Å²) in [4.78, 5) is 2.46. The van der Waals surface area contributed by atoms with Crippen LogP contribution in [0.25, 0.3) is 0 Å². The summed E-state index contributed by atoms with van der Waals surface area (Å²) in [6.07, 6.45) is -0.670. The van der Waals surface area contributed by atoms with Crippen LogP contribution in [0.15, 0.2) is 121 Å². The van der Waals surface area contributed by atoms with E-state index in [0.717, 1.165) is 11.1 Å². The van der Waals surface area contributed by atoms with E-state index in [1.54, 1.807) is 0 Å². The first-order valence-electron chi connectivity index (χ1n) is 11.3. The molecule has 0 amide bonds. The van der Waals surface area contributed by atoms with Crippen LogP contribution in [0.1, 0.15) is 60.3 Å². The molecule has 0 heterocycles. The molecule has 0 saturated heterocycles. The highest BCUT2D eigenvalue weighted by atomic mass is 16.3. The zero-order valence-electron chi connectivity index (χ0n) is 18.8. The zero-order valence-corrected chi connectivity index (χ0v) is 18.8. The van der Waals surface area contributed by atoms with Crippen LogP contribution in [0.2, 0.25) is 0 Å². The lowest BCUT2D eigenvalue weighted by atomic mass is 9.89. The molecule has 0 aliphatic rings. The van der Waals surface area contributed by atoms with Crippen LogP contribution in [0.4, 0.5) is 0 Å². The highest BCUT2D eigenvalue weighted by Crippen LogP contribution is 2.44. The van der Waals surface area contributed by atoms with Gasteiger partial charge in [-0.2, -0.15) is 0 Å². The molecule has 2 nitrogen and oxygen atoms in total. The van der Waals surface area contributed by atoms with E-state index in [4.69, 9.17) is 0 Å². The van der Waals surface area contributed by atoms with Gasteiger partial charge in [-0.3, -0.25) is 4.90 Å². The van der Waals surface area contributed by atoms with Crippen LogP contribution >= 0.6 is 0 Å². The van der Waals surface area contributed by atoms with Crippen molar-refractivity contribution in [3.8, 4) is 0 Å². The van der Waals surface area contributed by atoms with Crippen LogP contribution in [0.5, 0.6) is 0 Å². The smallest absolute Gasteiger partial charge is 0.0987 e. The van der Waals surface area contributed by atoms with Gasteiger partial charge in [-0.25, -0.2) is 0 Å². The van der Waals surface area contributed by atoms with Crippen LogP contribution < -0.4 is 0 Å². The van der Waals surface area contributed by atoms with E-state index in [-0.39, 0.29) is 18.1 Å². The predicted octanol–water partition coefficient (Wildman–Crippen LogP) is 7.29. The summed E-state index contributed by atoms with van der Waals surface area (Å²) < 4.78 is 0. The molecule has 0 fully saturated rings. The molecular formula is C30H31NO. The molecule has 0 aliphatic heterocycles. The second-order valence-corrected chi connectivity index (χ2v) is 8.33. The Balaban J connectivity index is 1.86. The van der Waals surface area contributed by atoms with E-state index in [1.165, 1.54) is 11.1 Å². The molecular weight excluding hydrogens is 390 g/mol. The van der Waals surface area contributed by atoms with Crippen molar-refractivity contribution < 1.29 is 5.11 Å². The molecule has 4 rings (SSSR count). The molecule has 2 heteroatoms. The third-order valence-electron chi connectivity index (χ3n) is 6.36. The van der Waals surface area contributed by atoms with Crippen molar-refractivity contribution in [3.05, 3.63) is 144 Å². The molecule has 0 bridgehead atoms. The predicted molar refractivity (Wildman–Crippen MR) is 132 cm³/mol. The van der Waals surface area contributed by atoms with Gasteiger partial charge in [0.15, 0.2) is 0 Å². The first-order chi connectivity index (χ1) is 15.7. The van der Waals surface area contributed by atoms with Crippen molar-refractivity contribution in [3.63, 3.8) is 0 Å². The molecule has 0 aliphatic carbocycles. The Labute approximate surface area is 191 Å². The lowest BCUT2D eigenvalue weighted by molar-refractivity contribution is -0.000728. The summed E-state index contributed by atoms with van der Waals surface area (Å²) in [5, 5.41) is 11.8. The molecule has 0 saturated carbocycles. The number of hydrogen-bond donors (Lipinski definition) is 1. The summed E-state index contributed by atoms with van der Waals surface area (Å²) in [5.74, 6) is 0. The minimum absolute atomic E-state index is 0.0926. The van der Waals surface area contributed by atoms with Crippen molar-refractivity contribution >= 4 is 0 Å². The number of rotatable bonds is 8. The van der Waals surface area contributed by atoms with E-state index in [0.29, 0.717) is 0 Å². The lowest BCUT2D eigenvalue weighted by Gasteiger charge is -2.43. The zero-order chi connectivity index (χ0) is 22.3. The third-order valence-corrected chi connectivity index (χ3v) is 6.36. The molecule has 4 unspecified atom stereocenters. The van der Waals surface area contributed by atoms with Gasteiger partial charge in [-0.05, 0) is 36.1 Å². The Morgan fingerprint density at radius 1 is 0.469 bits per heavy atom. The minimum Gasteiger partial charge on any atom is -0.386 e. The van der Waals surface area contributed by atoms with Crippen LogP contribution in [-0.4, -0.2) is 10.0 Å². The number of aliphatic hydroxyl groups is 1. The van der Waals surface area contributed by atoms with Gasteiger partial charge < -0.3 is 5.11 Å². The highest BCUT2D eigenvalue weighted by Gasteiger charge is 2.36. The average molecular weight is 422 g/mol. The number of nitrogens with zero attached hydrogens (tertiary/aromatic N) is 1. The Kier molecular flexibility index (Phi) is 7.16. The summed E-state index contributed by atoms with van der Waals surface area (Å²) in [6.45, 7) is 4.48. The van der Waals surface area contributed by atoms with Crippen LogP contribution in [-0.2, 0) is 0 Å². The average Bonchev–Trinajstić information content (AvgIpc) is 2.88. The fourth-order valence-corrected chi connectivity index (χ4v) is 4.62. The van der Waals surface area contributed by atoms with Crippen molar-refractivity contribution in [2.75, 3.05) is 0 Å². The molecule has 32 heavy (non-hydrogen) atoms. The Bertz CT molecular complexity index is 1020. The normalized spacial score (nSPS) is 15.1. The lowest BCUT2D eigenvalue weighted by Crippen LogP contribution is -2.37. The largest absolute Gasteiger partial charge is 0.386 e. The SMILES string of the molecule is CC(c1ccccc1)N(C(C)c1ccccc1)C(c1ccccc1)C(O)c1ccccc1. The van der Waals surface area contributed by atoms with E-state index in [9.17, 15) is 5.11 Å². The number of aliphatic hydroxyl groups excluding tert-OH is 1. The van der Waals surface area contributed by atoms with Crippen LogP contribution in [0, 0.1) is 0 Å². The van der Waals surface area contributed by atoms with Gasteiger partial charge in [-0.1, -0.05) is 121 Å². The molecule has 0 aromatic heterocycles. The van der Waals surface area contributed by atoms with Gasteiger partial charge in [0.05, 0.1) is 12.1 Å². The molecule has 4 aromatic carbocycles. The number of benzene rings is 4. The molecule has 1 N–H and O–H groups in total. The monoisotopic (exact) mass is 421 g/mol. The Morgan fingerprint density at radius 3 is 1.16 bits per heavy atom. The van der Waals surface area contributed by atoms with Crippen LogP contribution in [0.3, 0.4) is 0 Å². The minimum atomic E-state index is -0.670. The van der Waals surface area contributed by atoms with Crippen molar-refractivity contribution in [2.45, 2.75) is 38.1 Å². The third kappa shape index (κ3) is 4.83. The Morgan fingerprint density at radius 2 is 0.781 bits per heavy atom. The fraction of sp³-hybridized carbons (Fsp3) is 0.200. The molecule has 0 spiro atoms. The van der Waals surface area contributed by atoms with Gasteiger partial charge in [0.1, 0.15) is 0 Å². The number of hydrogen-bond acceptors (Lipinski definition) is 2. The fourth-order valence-electron chi connectivity index (χ4n) is 4.62.